The molecule has 3 aromatic rings. The van der Waals surface area contributed by atoms with Crippen molar-refractivity contribution in [2.24, 2.45) is 0 Å². The smallest absolute Gasteiger partial charge is 0.341 e. The Labute approximate surface area is 168 Å². The maximum atomic E-state index is 13.9. The van der Waals surface area contributed by atoms with Crippen LogP contribution >= 0.6 is 11.3 Å². The van der Waals surface area contributed by atoms with Crippen LogP contribution in [0.15, 0.2) is 53.9 Å². The van der Waals surface area contributed by atoms with E-state index in [2.05, 4.69) is 5.32 Å². The summed E-state index contributed by atoms with van der Waals surface area (Å²) in [6.07, 6.45) is 0. The Kier molecular flexibility index (Phi) is 5.99. The van der Waals surface area contributed by atoms with Crippen LogP contribution in [0.25, 0.3) is 11.1 Å². The number of carbonyl (C=O) groups excluding carboxylic acids is 2. The number of hydrogen-bond acceptors (Lipinski definition) is 6. The normalized spacial score (nSPS) is 10.4. The molecule has 9 heteroatoms. The Morgan fingerprint density at radius 3 is 2.48 bits per heavy atom. The largest absolute Gasteiger partial charge is 0.462 e. The number of anilines is 1. The van der Waals surface area contributed by atoms with E-state index >= 15 is 0 Å². The lowest BCUT2D eigenvalue weighted by Crippen LogP contribution is -2.16. The molecule has 148 valence electrons. The van der Waals surface area contributed by atoms with Crippen molar-refractivity contribution in [3.05, 3.63) is 81.0 Å². The van der Waals surface area contributed by atoms with Crippen LogP contribution in [0.5, 0.6) is 0 Å². The van der Waals surface area contributed by atoms with E-state index in [0.717, 1.165) is 17.4 Å². The van der Waals surface area contributed by atoms with Gasteiger partial charge in [-0.1, -0.05) is 12.1 Å². The molecule has 0 radical (unpaired) electrons. The summed E-state index contributed by atoms with van der Waals surface area (Å²) in [6.45, 7) is 1.77. The van der Waals surface area contributed by atoms with Crippen molar-refractivity contribution < 1.29 is 23.6 Å². The van der Waals surface area contributed by atoms with Crippen LogP contribution < -0.4 is 5.32 Å². The summed E-state index contributed by atoms with van der Waals surface area (Å²) in [4.78, 5) is 35.3. The minimum Gasteiger partial charge on any atom is -0.462 e. The average Bonchev–Trinajstić information content (AvgIpc) is 3.12. The minimum atomic E-state index is -0.703. The topological polar surface area (TPSA) is 98.5 Å². The summed E-state index contributed by atoms with van der Waals surface area (Å²) in [5, 5.41) is 15.2. The van der Waals surface area contributed by atoms with Gasteiger partial charge in [-0.2, -0.15) is 0 Å². The minimum absolute atomic E-state index is 0.0882. The maximum Gasteiger partial charge on any atom is 0.341 e. The van der Waals surface area contributed by atoms with E-state index in [4.69, 9.17) is 4.74 Å². The van der Waals surface area contributed by atoms with Gasteiger partial charge in [-0.25, -0.2) is 9.18 Å². The predicted molar refractivity (Wildman–Crippen MR) is 107 cm³/mol. The second kappa shape index (κ2) is 8.61. The number of halogens is 1. The van der Waals surface area contributed by atoms with Crippen LogP contribution in [0, 0.1) is 15.9 Å². The predicted octanol–water partition coefficient (Wildman–Crippen LogP) is 4.89. The highest BCUT2D eigenvalue weighted by molar-refractivity contribution is 7.15. The van der Waals surface area contributed by atoms with Crippen LogP contribution in [0.4, 0.5) is 15.1 Å². The molecule has 0 fully saturated rings. The van der Waals surface area contributed by atoms with Crippen LogP contribution in [0.2, 0.25) is 0 Å². The molecular weight excluding hydrogens is 399 g/mol. The number of ether oxygens (including phenoxy) is 1. The van der Waals surface area contributed by atoms with Crippen molar-refractivity contribution in [1.29, 1.82) is 0 Å². The lowest BCUT2D eigenvalue weighted by molar-refractivity contribution is -0.384. The first kappa shape index (κ1) is 20.2. The molecular formula is C20H15FN2O5S. The van der Waals surface area contributed by atoms with Crippen LogP contribution in [0.1, 0.15) is 27.6 Å². The van der Waals surface area contributed by atoms with Gasteiger partial charge in [-0.3, -0.25) is 14.9 Å². The maximum absolute atomic E-state index is 13.9. The van der Waals surface area contributed by atoms with E-state index < -0.39 is 22.6 Å². The Morgan fingerprint density at radius 1 is 1.17 bits per heavy atom. The molecule has 0 spiro atoms. The highest BCUT2D eigenvalue weighted by Crippen LogP contribution is 2.37. The summed E-state index contributed by atoms with van der Waals surface area (Å²) in [6, 6.07) is 11.1. The molecule has 0 unspecified atom stereocenters. The molecule has 1 amide bonds. The van der Waals surface area contributed by atoms with Crippen molar-refractivity contribution >= 4 is 33.9 Å². The van der Waals surface area contributed by atoms with E-state index in [1.54, 1.807) is 12.3 Å². The number of nitrogens with zero attached hydrogens (tertiary/aromatic N) is 1. The fourth-order valence-corrected chi connectivity index (χ4v) is 3.60. The Balaban J connectivity index is 2.00. The first-order chi connectivity index (χ1) is 13.9. The molecule has 0 aliphatic heterocycles. The van der Waals surface area contributed by atoms with Gasteiger partial charge in [0.15, 0.2) is 0 Å². The van der Waals surface area contributed by atoms with Crippen molar-refractivity contribution in [3.63, 3.8) is 0 Å². The Bertz CT molecular complexity index is 1080. The number of nitro groups is 1. The number of nitrogens with one attached hydrogen (secondary N) is 1. The summed E-state index contributed by atoms with van der Waals surface area (Å²) in [7, 11) is 0. The molecule has 0 saturated heterocycles. The lowest BCUT2D eigenvalue weighted by Gasteiger charge is -2.09. The summed E-state index contributed by atoms with van der Waals surface area (Å²) < 4.78 is 19.0. The zero-order chi connectivity index (χ0) is 21.0. The zero-order valence-corrected chi connectivity index (χ0v) is 16.0. The van der Waals surface area contributed by atoms with Crippen molar-refractivity contribution in [3.8, 4) is 11.1 Å². The van der Waals surface area contributed by atoms with Gasteiger partial charge in [-0.05, 0) is 36.8 Å². The number of benzene rings is 2. The van der Waals surface area contributed by atoms with E-state index in [0.29, 0.717) is 11.1 Å². The monoisotopic (exact) mass is 414 g/mol. The van der Waals surface area contributed by atoms with Gasteiger partial charge in [-0.15, -0.1) is 11.3 Å². The molecule has 0 aliphatic carbocycles. The SMILES string of the molecule is CCOC(=O)c1c(-c2ccc([N+](=O)[O-])cc2)csc1NC(=O)c1ccccc1F. The van der Waals surface area contributed by atoms with Crippen LogP contribution in [-0.2, 0) is 4.74 Å². The van der Waals surface area contributed by atoms with Crippen molar-refractivity contribution in [1.82, 2.24) is 0 Å². The molecule has 29 heavy (non-hydrogen) atoms. The summed E-state index contributed by atoms with van der Waals surface area (Å²) in [5.41, 5.74) is 0.853. The molecule has 1 aromatic heterocycles. The number of esters is 1. The molecule has 1 heterocycles. The number of carbonyl (C=O) groups is 2. The number of non-ortho nitro benzene ring substituents is 1. The molecule has 0 aliphatic rings. The fourth-order valence-electron chi connectivity index (χ4n) is 2.65. The standard InChI is InChI=1S/C20H15FN2O5S/c1-2-28-20(25)17-15(12-7-9-13(10-8-12)23(26)27)11-29-19(17)22-18(24)14-5-3-4-6-16(14)21/h3-11H,2H2,1H3,(H,22,24). The molecule has 7 nitrogen and oxygen atoms in total. The number of amides is 1. The number of hydrogen-bond donors (Lipinski definition) is 1. The Morgan fingerprint density at radius 2 is 1.86 bits per heavy atom. The second-order valence-corrected chi connectivity index (χ2v) is 6.69. The van der Waals surface area contributed by atoms with Gasteiger partial charge in [0, 0.05) is 23.1 Å². The molecule has 1 N–H and O–H groups in total. The third-order valence-corrected chi connectivity index (χ3v) is 4.90. The van der Waals surface area contributed by atoms with Crippen molar-refractivity contribution in [2.45, 2.75) is 6.92 Å². The molecule has 0 saturated carbocycles. The molecule has 0 atom stereocenters. The van der Waals surface area contributed by atoms with Gasteiger partial charge in [0.25, 0.3) is 11.6 Å². The quantitative estimate of drug-likeness (QED) is 0.352. The number of thiophene rings is 1. The van der Waals surface area contributed by atoms with E-state index in [9.17, 15) is 24.1 Å². The van der Waals surface area contributed by atoms with E-state index in [1.165, 1.54) is 42.5 Å². The lowest BCUT2D eigenvalue weighted by atomic mass is 10.0. The van der Waals surface area contributed by atoms with E-state index in [-0.39, 0.29) is 28.4 Å². The zero-order valence-electron chi connectivity index (χ0n) is 15.2. The highest BCUT2D eigenvalue weighted by Gasteiger charge is 2.24. The summed E-state index contributed by atoms with van der Waals surface area (Å²) >= 11 is 1.08. The molecule has 2 aromatic carbocycles. The molecule has 3 rings (SSSR count). The van der Waals surface area contributed by atoms with Gasteiger partial charge in [0.2, 0.25) is 0 Å². The van der Waals surface area contributed by atoms with Crippen molar-refractivity contribution in [2.75, 3.05) is 11.9 Å². The average molecular weight is 414 g/mol. The second-order valence-electron chi connectivity index (χ2n) is 5.81. The first-order valence-corrected chi connectivity index (χ1v) is 9.39. The number of rotatable bonds is 6. The van der Waals surface area contributed by atoms with Gasteiger partial charge in [0.1, 0.15) is 16.4 Å². The van der Waals surface area contributed by atoms with Crippen LogP contribution in [0.3, 0.4) is 0 Å². The summed E-state index contributed by atoms with van der Waals surface area (Å²) in [5.74, 6) is -2.05. The van der Waals surface area contributed by atoms with Gasteiger partial charge in [0.05, 0.1) is 17.1 Å². The van der Waals surface area contributed by atoms with E-state index in [1.807, 2.05) is 0 Å². The first-order valence-electron chi connectivity index (χ1n) is 8.51. The third kappa shape index (κ3) is 4.30. The van der Waals surface area contributed by atoms with Gasteiger partial charge >= 0.3 is 5.97 Å². The Hall–Kier alpha value is -3.59. The third-order valence-electron chi connectivity index (χ3n) is 4.01. The van der Waals surface area contributed by atoms with Gasteiger partial charge < -0.3 is 10.1 Å². The fraction of sp³-hybridized carbons (Fsp3) is 0.100. The highest BCUT2D eigenvalue weighted by atomic mass is 32.1. The van der Waals surface area contributed by atoms with Crippen LogP contribution in [-0.4, -0.2) is 23.4 Å². The molecule has 0 bridgehead atoms. The number of nitro benzene ring substituents is 1.